The number of carbonyl (C=O) groups excluding carboxylic acids is 1. The molecule has 2 aromatic heterocycles. The van der Waals surface area contributed by atoms with Crippen LogP contribution in [0.2, 0.25) is 5.02 Å². The molecular weight excluding hydrogens is 336 g/mol. The van der Waals surface area contributed by atoms with Crippen molar-refractivity contribution in [3.8, 4) is 0 Å². The van der Waals surface area contributed by atoms with Gasteiger partial charge in [0.1, 0.15) is 5.02 Å². The first-order chi connectivity index (χ1) is 11.8. The molecule has 0 bridgehead atoms. The first-order valence-electron chi connectivity index (χ1n) is 8.17. The van der Waals surface area contributed by atoms with Crippen molar-refractivity contribution in [2.75, 3.05) is 0 Å². The highest BCUT2D eigenvalue weighted by molar-refractivity contribution is 6.36. The molecule has 1 atom stereocenters. The van der Waals surface area contributed by atoms with E-state index in [0.29, 0.717) is 5.65 Å². The number of hydrogen-bond acceptors (Lipinski definition) is 3. The van der Waals surface area contributed by atoms with Crippen LogP contribution in [0.1, 0.15) is 55.4 Å². The average Bonchev–Trinajstić information content (AvgIpc) is 2.91. The summed E-state index contributed by atoms with van der Waals surface area (Å²) >= 11 is 6.25. The zero-order valence-electron chi connectivity index (χ0n) is 14.7. The lowest BCUT2D eigenvalue weighted by Crippen LogP contribution is -2.27. The van der Waals surface area contributed by atoms with Gasteiger partial charge >= 0.3 is 0 Å². The van der Waals surface area contributed by atoms with Crippen LogP contribution in [0.3, 0.4) is 0 Å². The highest BCUT2D eigenvalue weighted by atomic mass is 35.5. The standard InChI is InChI=1S/C19H21ClN4O/c1-12(13-6-8-14(9-7-13)19(2,3)4)22-18(25)16-15(20)17-21-10-5-11-24(17)23-16/h5-12H,1-4H3,(H,22,25). The first-order valence-corrected chi connectivity index (χ1v) is 8.55. The molecule has 5 nitrogen and oxygen atoms in total. The number of benzene rings is 1. The summed E-state index contributed by atoms with van der Waals surface area (Å²) in [5.41, 5.74) is 3.03. The molecule has 2 heterocycles. The molecule has 1 N–H and O–H groups in total. The Balaban J connectivity index is 1.79. The van der Waals surface area contributed by atoms with Gasteiger partial charge in [0.05, 0.1) is 6.04 Å². The van der Waals surface area contributed by atoms with Crippen LogP contribution in [0.15, 0.2) is 42.7 Å². The largest absolute Gasteiger partial charge is 0.344 e. The van der Waals surface area contributed by atoms with Crippen molar-refractivity contribution in [2.45, 2.75) is 39.2 Å². The van der Waals surface area contributed by atoms with Crippen molar-refractivity contribution in [1.82, 2.24) is 19.9 Å². The quantitative estimate of drug-likeness (QED) is 0.766. The van der Waals surface area contributed by atoms with Gasteiger partial charge in [0.2, 0.25) is 0 Å². The number of rotatable bonds is 3. The lowest BCUT2D eigenvalue weighted by Gasteiger charge is -2.20. The van der Waals surface area contributed by atoms with E-state index in [4.69, 9.17) is 11.6 Å². The molecule has 0 aliphatic rings. The average molecular weight is 357 g/mol. The van der Waals surface area contributed by atoms with E-state index in [1.165, 1.54) is 10.1 Å². The van der Waals surface area contributed by atoms with E-state index in [0.717, 1.165) is 5.56 Å². The Kier molecular flexibility index (Phi) is 4.52. The lowest BCUT2D eigenvalue weighted by molar-refractivity contribution is 0.0934. The second kappa shape index (κ2) is 6.48. The van der Waals surface area contributed by atoms with Gasteiger partial charge in [0, 0.05) is 12.4 Å². The Bertz CT molecular complexity index is 909. The van der Waals surface area contributed by atoms with Crippen LogP contribution in [0, 0.1) is 0 Å². The van der Waals surface area contributed by atoms with Gasteiger partial charge in [-0.15, -0.1) is 0 Å². The van der Waals surface area contributed by atoms with Crippen molar-refractivity contribution in [2.24, 2.45) is 0 Å². The number of fused-ring (bicyclic) bond motifs is 1. The van der Waals surface area contributed by atoms with Crippen molar-refractivity contribution in [1.29, 1.82) is 0 Å². The summed E-state index contributed by atoms with van der Waals surface area (Å²) in [6.07, 6.45) is 3.32. The summed E-state index contributed by atoms with van der Waals surface area (Å²) in [6, 6.07) is 9.85. The van der Waals surface area contributed by atoms with E-state index >= 15 is 0 Å². The number of carbonyl (C=O) groups is 1. The second-order valence-corrected chi connectivity index (χ2v) is 7.50. The normalized spacial score (nSPS) is 13.0. The fourth-order valence-corrected chi connectivity index (χ4v) is 2.88. The molecule has 130 valence electrons. The Labute approximate surface area is 152 Å². The van der Waals surface area contributed by atoms with E-state index in [9.17, 15) is 4.79 Å². The number of amides is 1. The Morgan fingerprint density at radius 3 is 2.52 bits per heavy atom. The van der Waals surface area contributed by atoms with Gasteiger partial charge in [0.25, 0.3) is 5.91 Å². The van der Waals surface area contributed by atoms with E-state index in [1.54, 1.807) is 18.5 Å². The smallest absolute Gasteiger partial charge is 0.273 e. The number of nitrogens with zero attached hydrogens (tertiary/aromatic N) is 3. The fourth-order valence-electron chi connectivity index (χ4n) is 2.62. The first kappa shape index (κ1) is 17.4. The minimum atomic E-state index is -0.317. The predicted molar refractivity (Wildman–Crippen MR) is 99.0 cm³/mol. The maximum atomic E-state index is 12.5. The molecule has 0 radical (unpaired) electrons. The Morgan fingerprint density at radius 2 is 1.92 bits per heavy atom. The van der Waals surface area contributed by atoms with Gasteiger partial charge in [0.15, 0.2) is 11.3 Å². The van der Waals surface area contributed by atoms with Gasteiger partial charge in [-0.05, 0) is 29.5 Å². The van der Waals surface area contributed by atoms with E-state index in [1.807, 2.05) is 19.1 Å². The number of hydrogen-bond donors (Lipinski definition) is 1. The molecule has 0 saturated carbocycles. The molecule has 0 saturated heterocycles. The molecule has 1 aromatic carbocycles. The monoisotopic (exact) mass is 356 g/mol. The van der Waals surface area contributed by atoms with Crippen molar-refractivity contribution in [3.63, 3.8) is 0 Å². The third kappa shape index (κ3) is 3.51. The minimum Gasteiger partial charge on any atom is -0.344 e. The summed E-state index contributed by atoms with van der Waals surface area (Å²) in [5.74, 6) is -0.317. The summed E-state index contributed by atoms with van der Waals surface area (Å²) < 4.78 is 1.50. The SMILES string of the molecule is CC(NC(=O)c1nn2cccnc2c1Cl)c1ccc(C(C)(C)C)cc1. The highest BCUT2D eigenvalue weighted by Gasteiger charge is 2.21. The molecule has 25 heavy (non-hydrogen) atoms. The van der Waals surface area contributed by atoms with Crippen molar-refractivity contribution >= 4 is 23.2 Å². The molecule has 3 rings (SSSR count). The topological polar surface area (TPSA) is 59.3 Å². The van der Waals surface area contributed by atoms with Crippen LogP contribution < -0.4 is 5.32 Å². The Morgan fingerprint density at radius 1 is 1.24 bits per heavy atom. The Hall–Kier alpha value is -2.40. The predicted octanol–water partition coefficient (Wildman–Crippen LogP) is 4.17. The molecule has 0 aliphatic carbocycles. The maximum absolute atomic E-state index is 12.5. The lowest BCUT2D eigenvalue weighted by atomic mass is 9.86. The molecule has 0 fully saturated rings. The van der Waals surface area contributed by atoms with Crippen molar-refractivity contribution < 1.29 is 4.79 Å². The van der Waals surface area contributed by atoms with Crippen molar-refractivity contribution in [3.05, 3.63) is 64.6 Å². The minimum absolute atomic E-state index is 0.0993. The zero-order valence-corrected chi connectivity index (χ0v) is 15.5. The summed E-state index contributed by atoms with van der Waals surface area (Å²) in [6.45, 7) is 8.46. The molecular formula is C19H21ClN4O. The molecule has 3 aromatic rings. The zero-order chi connectivity index (χ0) is 18.2. The second-order valence-electron chi connectivity index (χ2n) is 7.12. The number of nitrogens with one attached hydrogen (secondary N) is 1. The van der Waals surface area contributed by atoms with E-state index in [2.05, 4.69) is 48.3 Å². The van der Waals surface area contributed by atoms with Gasteiger partial charge < -0.3 is 5.32 Å². The molecule has 0 spiro atoms. The summed E-state index contributed by atoms with van der Waals surface area (Å²) in [7, 11) is 0. The van der Waals surface area contributed by atoms with Crippen LogP contribution in [0.5, 0.6) is 0 Å². The number of aromatic nitrogens is 3. The van der Waals surface area contributed by atoms with Crippen LogP contribution >= 0.6 is 11.6 Å². The van der Waals surface area contributed by atoms with Gasteiger partial charge in [-0.2, -0.15) is 5.10 Å². The maximum Gasteiger partial charge on any atom is 0.273 e. The molecule has 6 heteroatoms. The fraction of sp³-hybridized carbons (Fsp3) is 0.316. The molecule has 1 amide bonds. The van der Waals surface area contributed by atoms with Crippen LogP contribution in [-0.2, 0) is 5.41 Å². The van der Waals surface area contributed by atoms with E-state index < -0.39 is 0 Å². The van der Waals surface area contributed by atoms with Gasteiger partial charge in [-0.1, -0.05) is 56.6 Å². The number of halogens is 1. The van der Waals surface area contributed by atoms with Gasteiger partial charge in [-0.3, -0.25) is 4.79 Å². The van der Waals surface area contributed by atoms with Gasteiger partial charge in [-0.25, -0.2) is 9.50 Å². The molecule has 1 unspecified atom stereocenters. The third-order valence-electron chi connectivity index (χ3n) is 4.18. The highest BCUT2D eigenvalue weighted by Crippen LogP contribution is 2.25. The molecule has 0 aliphatic heterocycles. The van der Waals surface area contributed by atoms with E-state index in [-0.39, 0.29) is 28.1 Å². The van der Waals surface area contributed by atoms with Crippen LogP contribution in [-0.4, -0.2) is 20.5 Å². The van der Waals surface area contributed by atoms with Crippen LogP contribution in [0.4, 0.5) is 0 Å². The van der Waals surface area contributed by atoms with Crippen LogP contribution in [0.25, 0.3) is 5.65 Å². The summed E-state index contributed by atoms with van der Waals surface area (Å²) in [4.78, 5) is 16.7. The third-order valence-corrected chi connectivity index (χ3v) is 4.53. The summed E-state index contributed by atoms with van der Waals surface area (Å²) in [5, 5.41) is 7.42.